The van der Waals surface area contributed by atoms with E-state index in [1.807, 2.05) is 19.1 Å². The van der Waals surface area contributed by atoms with Gasteiger partial charge in [-0.2, -0.15) is 5.10 Å². The quantitative estimate of drug-likeness (QED) is 0.874. The highest BCUT2D eigenvalue weighted by atomic mass is 16.2. The molecule has 1 atom stereocenters. The second kappa shape index (κ2) is 5.65. The van der Waals surface area contributed by atoms with Crippen LogP contribution < -0.4 is 5.32 Å². The second-order valence-corrected chi connectivity index (χ2v) is 5.44. The lowest BCUT2D eigenvalue weighted by molar-refractivity contribution is -0.133. The van der Waals surface area contributed by atoms with E-state index in [9.17, 15) is 4.79 Å². The normalized spacial score (nSPS) is 17.3. The molecule has 0 aliphatic carbocycles. The molecule has 0 saturated carbocycles. The van der Waals surface area contributed by atoms with Crippen LogP contribution >= 0.6 is 0 Å². The summed E-state index contributed by atoms with van der Waals surface area (Å²) in [4.78, 5) is 18.4. The molecule has 1 aromatic heterocycles. The molecule has 0 radical (unpaired) electrons. The van der Waals surface area contributed by atoms with Crippen molar-refractivity contribution in [3.63, 3.8) is 0 Å². The molecule has 0 bridgehead atoms. The van der Waals surface area contributed by atoms with E-state index in [1.165, 1.54) is 11.1 Å². The number of likely N-dealkylation sites (N-methyl/N-ethyl adjacent to an activating group) is 1. The van der Waals surface area contributed by atoms with Crippen LogP contribution in [0.1, 0.15) is 22.8 Å². The minimum atomic E-state index is -0.176. The molecule has 2 N–H and O–H groups in total. The van der Waals surface area contributed by atoms with Gasteiger partial charge in [-0.15, -0.1) is 0 Å². The third kappa shape index (κ3) is 2.95. The van der Waals surface area contributed by atoms with Gasteiger partial charge < -0.3 is 10.2 Å². The van der Waals surface area contributed by atoms with Gasteiger partial charge in [-0.25, -0.2) is 4.98 Å². The maximum absolute atomic E-state index is 12.5. The molecule has 0 spiro atoms. The zero-order chi connectivity index (χ0) is 14.8. The predicted octanol–water partition coefficient (Wildman–Crippen LogP) is 0.786. The molecule has 0 saturated heterocycles. The van der Waals surface area contributed by atoms with Crippen molar-refractivity contribution in [2.24, 2.45) is 0 Å². The van der Waals surface area contributed by atoms with E-state index in [0.29, 0.717) is 12.4 Å². The van der Waals surface area contributed by atoms with Crippen molar-refractivity contribution < 1.29 is 4.79 Å². The Morgan fingerprint density at radius 3 is 2.86 bits per heavy atom. The minimum absolute atomic E-state index is 0.0759. The number of H-pyrrole nitrogens is 1. The molecule has 2 aromatic rings. The number of aromatic amines is 1. The van der Waals surface area contributed by atoms with E-state index in [1.54, 1.807) is 11.9 Å². The lowest BCUT2D eigenvalue weighted by Gasteiger charge is -2.28. The van der Waals surface area contributed by atoms with Crippen LogP contribution in [0.3, 0.4) is 0 Å². The lowest BCUT2D eigenvalue weighted by atomic mass is 9.95. The topological polar surface area (TPSA) is 73.9 Å². The summed E-state index contributed by atoms with van der Waals surface area (Å²) in [5, 5.41) is 10.2. The van der Waals surface area contributed by atoms with Crippen molar-refractivity contribution in [2.75, 3.05) is 7.05 Å². The smallest absolute Gasteiger partial charge is 0.240 e. The molecule has 6 nitrogen and oxygen atoms in total. The third-order valence-corrected chi connectivity index (χ3v) is 3.78. The Morgan fingerprint density at radius 1 is 1.38 bits per heavy atom. The number of rotatable bonds is 3. The number of carbonyl (C=O) groups is 1. The molecule has 21 heavy (non-hydrogen) atoms. The number of amides is 1. The highest BCUT2D eigenvalue weighted by Crippen LogP contribution is 2.17. The fourth-order valence-corrected chi connectivity index (χ4v) is 2.64. The Bertz CT molecular complexity index is 651. The van der Waals surface area contributed by atoms with Gasteiger partial charge in [0.15, 0.2) is 5.82 Å². The maximum atomic E-state index is 12.5. The lowest BCUT2D eigenvalue weighted by Crippen LogP contribution is -2.48. The number of fused-ring (bicyclic) bond motifs is 1. The van der Waals surface area contributed by atoms with E-state index >= 15 is 0 Å². The molecule has 6 heteroatoms. The summed E-state index contributed by atoms with van der Waals surface area (Å²) >= 11 is 0. The maximum Gasteiger partial charge on any atom is 0.240 e. The summed E-state index contributed by atoms with van der Waals surface area (Å²) in [6.45, 7) is 3.00. The molecule has 1 aliphatic heterocycles. The van der Waals surface area contributed by atoms with Crippen LogP contribution in [0, 0.1) is 6.92 Å². The van der Waals surface area contributed by atoms with Crippen molar-refractivity contribution in [2.45, 2.75) is 32.5 Å². The average molecular weight is 285 g/mol. The Morgan fingerprint density at radius 2 is 2.14 bits per heavy atom. The van der Waals surface area contributed by atoms with Crippen molar-refractivity contribution >= 4 is 5.91 Å². The van der Waals surface area contributed by atoms with Crippen molar-refractivity contribution in [3.8, 4) is 0 Å². The third-order valence-electron chi connectivity index (χ3n) is 3.78. The summed E-state index contributed by atoms with van der Waals surface area (Å²) in [7, 11) is 1.79. The van der Waals surface area contributed by atoms with E-state index < -0.39 is 0 Å². The first-order chi connectivity index (χ1) is 10.1. The van der Waals surface area contributed by atoms with Gasteiger partial charge in [0, 0.05) is 13.6 Å². The van der Waals surface area contributed by atoms with Gasteiger partial charge in [0.05, 0.1) is 12.6 Å². The number of hydrogen-bond donors (Lipinski definition) is 2. The summed E-state index contributed by atoms with van der Waals surface area (Å²) in [5.41, 5.74) is 2.52. The number of carbonyl (C=O) groups excluding carboxylic acids is 1. The Balaban J connectivity index is 1.66. The molecule has 2 heterocycles. The largest absolute Gasteiger partial charge is 0.337 e. The average Bonchev–Trinajstić information content (AvgIpc) is 2.91. The van der Waals surface area contributed by atoms with Crippen LogP contribution in [0.15, 0.2) is 24.3 Å². The molecule has 1 aliphatic rings. The van der Waals surface area contributed by atoms with Gasteiger partial charge in [0.1, 0.15) is 5.82 Å². The fourth-order valence-electron chi connectivity index (χ4n) is 2.64. The zero-order valence-electron chi connectivity index (χ0n) is 12.3. The first-order valence-corrected chi connectivity index (χ1v) is 7.06. The van der Waals surface area contributed by atoms with Gasteiger partial charge >= 0.3 is 0 Å². The van der Waals surface area contributed by atoms with Gasteiger partial charge in [-0.05, 0) is 24.5 Å². The Labute approximate surface area is 123 Å². The molecule has 1 aromatic carbocycles. The minimum Gasteiger partial charge on any atom is -0.337 e. The standard InChI is InChI=1S/C15H19N5O/c1-10-17-14(19-18-10)9-20(2)15(21)13-7-11-5-3-4-6-12(11)8-16-13/h3-6,13,16H,7-9H2,1-2H3,(H,17,18,19). The van der Waals surface area contributed by atoms with Crippen LogP contribution in [-0.4, -0.2) is 39.1 Å². The molecule has 110 valence electrons. The number of nitrogens with zero attached hydrogens (tertiary/aromatic N) is 3. The molecular formula is C15H19N5O. The molecular weight excluding hydrogens is 266 g/mol. The Kier molecular flexibility index (Phi) is 3.70. The fraction of sp³-hybridized carbons (Fsp3) is 0.400. The highest BCUT2D eigenvalue weighted by molar-refractivity contribution is 5.82. The van der Waals surface area contributed by atoms with Gasteiger partial charge in [-0.3, -0.25) is 9.89 Å². The van der Waals surface area contributed by atoms with Crippen molar-refractivity contribution in [3.05, 3.63) is 47.0 Å². The van der Waals surface area contributed by atoms with E-state index in [4.69, 9.17) is 0 Å². The van der Waals surface area contributed by atoms with Crippen LogP contribution in [0.4, 0.5) is 0 Å². The van der Waals surface area contributed by atoms with Crippen LogP contribution in [0.2, 0.25) is 0 Å². The number of aromatic nitrogens is 3. The van der Waals surface area contributed by atoms with Gasteiger partial charge in [-0.1, -0.05) is 24.3 Å². The first-order valence-electron chi connectivity index (χ1n) is 7.06. The summed E-state index contributed by atoms with van der Waals surface area (Å²) < 4.78 is 0. The molecule has 0 fully saturated rings. The predicted molar refractivity (Wildman–Crippen MR) is 78.4 cm³/mol. The first kappa shape index (κ1) is 13.8. The van der Waals surface area contributed by atoms with E-state index in [-0.39, 0.29) is 11.9 Å². The van der Waals surface area contributed by atoms with Crippen molar-refractivity contribution in [1.82, 2.24) is 25.4 Å². The zero-order valence-corrected chi connectivity index (χ0v) is 12.3. The summed E-state index contributed by atoms with van der Waals surface area (Å²) in [6, 6.07) is 8.06. The SMILES string of the molecule is Cc1nc(CN(C)C(=O)C2Cc3ccccc3CN2)n[nH]1. The van der Waals surface area contributed by atoms with Gasteiger partial charge in [0.2, 0.25) is 5.91 Å². The van der Waals surface area contributed by atoms with Crippen LogP contribution in [-0.2, 0) is 24.3 Å². The van der Waals surface area contributed by atoms with E-state index in [0.717, 1.165) is 18.8 Å². The monoisotopic (exact) mass is 285 g/mol. The summed E-state index contributed by atoms with van der Waals surface area (Å²) in [6.07, 6.45) is 0.729. The molecule has 1 unspecified atom stereocenters. The van der Waals surface area contributed by atoms with E-state index in [2.05, 4.69) is 32.6 Å². The number of nitrogens with one attached hydrogen (secondary N) is 2. The number of aryl methyl sites for hydroxylation is 1. The van der Waals surface area contributed by atoms with Gasteiger partial charge in [0.25, 0.3) is 0 Å². The summed E-state index contributed by atoms with van der Waals surface area (Å²) in [5.74, 6) is 1.47. The molecule has 3 rings (SSSR count). The number of hydrogen-bond acceptors (Lipinski definition) is 4. The van der Waals surface area contributed by atoms with Crippen LogP contribution in [0.5, 0.6) is 0 Å². The Hall–Kier alpha value is -2.21. The number of benzene rings is 1. The second-order valence-electron chi connectivity index (χ2n) is 5.44. The molecule has 1 amide bonds. The van der Waals surface area contributed by atoms with Crippen molar-refractivity contribution in [1.29, 1.82) is 0 Å². The highest BCUT2D eigenvalue weighted by Gasteiger charge is 2.26. The van der Waals surface area contributed by atoms with Crippen LogP contribution in [0.25, 0.3) is 0 Å².